The van der Waals surface area contributed by atoms with Crippen molar-refractivity contribution in [3.63, 3.8) is 0 Å². The number of hydrogen-bond acceptors (Lipinski definition) is 5. The van der Waals surface area contributed by atoms with E-state index in [0.29, 0.717) is 12.1 Å². The number of amides is 1. The lowest BCUT2D eigenvalue weighted by atomic mass is 10.1. The number of halogens is 3. The van der Waals surface area contributed by atoms with Gasteiger partial charge in [-0.2, -0.15) is 13.2 Å². The Morgan fingerprint density at radius 1 is 1.31 bits per heavy atom. The average molecular weight is 371 g/mol. The zero-order chi connectivity index (χ0) is 19.5. The molecule has 1 amide bonds. The maximum Gasteiger partial charge on any atom is 0.416 e. The van der Waals surface area contributed by atoms with Crippen molar-refractivity contribution in [3.05, 3.63) is 57.9 Å². The molecule has 1 aromatic carbocycles. The van der Waals surface area contributed by atoms with Crippen LogP contribution in [-0.4, -0.2) is 28.0 Å². The highest BCUT2D eigenvalue weighted by Gasteiger charge is 2.33. The Kier molecular flexibility index (Phi) is 5.29. The van der Waals surface area contributed by atoms with Crippen molar-refractivity contribution < 1.29 is 32.4 Å². The summed E-state index contributed by atoms with van der Waals surface area (Å²) in [6.07, 6.45) is -3.18. The van der Waals surface area contributed by atoms with Crippen LogP contribution in [0.25, 0.3) is 0 Å². The van der Waals surface area contributed by atoms with Crippen LogP contribution >= 0.6 is 0 Å². The number of hydrogen-bond donors (Lipinski definition) is 1. The number of rotatable bonds is 5. The number of benzene rings is 1. The molecule has 138 valence electrons. The zero-order valence-corrected chi connectivity index (χ0v) is 13.2. The molecule has 0 bridgehead atoms. The molecule has 26 heavy (non-hydrogen) atoms. The lowest BCUT2D eigenvalue weighted by molar-refractivity contribution is -0.384. The summed E-state index contributed by atoms with van der Waals surface area (Å²) in [5.41, 5.74) is -2.42. The summed E-state index contributed by atoms with van der Waals surface area (Å²) in [4.78, 5) is 33.4. The molecule has 0 atom stereocenters. The first kappa shape index (κ1) is 19.0. The van der Waals surface area contributed by atoms with Crippen LogP contribution in [0.5, 0.6) is 0 Å². The Balaban J connectivity index is 2.07. The first-order valence-electron chi connectivity index (χ1n) is 7.03. The Hall–Kier alpha value is -3.37. The van der Waals surface area contributed by atoms with Crippen molar-refractivity contribution in [2.24, 2.45) is 7.05 Å². The van der Waals surface area contributed by atoms with Crippen LogP contribution in [0.1, 0.15) is 16.1 Å². The third kappa shape index (κ3) is 4.37. The van der Waals surface area contributed by atoms with E-state index in [1.165, 1.54) is 10.6 Å². The number of nitro benzene ring substituents is 1. The van der Waals surface area contributed by atoms with Gasteiger partial charge in [0.05, 0.1) is 10.5 Å². The van der Waals surface area contributed by atoms with Crippen molar-refractivity contribution in [3.8, 4) is 0 Å². The molecule has 0 radical (unpaired) electrons. The van der Waals surface area contributed by atoms with Gasteiger partial charge in [0.15, 0.2) is 6.61 Å². The highest BCUT2D eigenvalue weighted by Crippen LogP contribution is 2.34. The van der Waals surface area contributed by atoms with Crippen molar-refractivity contribution in [2.75, 3.05) is 11.9 Å². The predicted molar refractivity (Wildman–Crippen MR) is 82.4 cm³/mol. The summed E-state index contributed by atoms with van der Waals surface area (Å²) >= 11 is 0. The number of nitro groups is 1. The lowest BCUT2D eigenvalue weighted by Crippen LogP contribution is -2.22. The minimum atomic E-state index is -4.77. The quantitative estimate of drug-likeness (QED) is 0.494. The van der Waals surface area contributed by atoms with Gasteiger partial charge in [0.1, 0.15) is 11.4 Å². The summed E-state index contributed by atoms with van der Waals surface area (Å²) in [6, 6.07) is 4.71. The summed E-state index contributed by atoms with van der Waals surface area (Å²) in [5.74, 6) is -1.73. The first-order valence-corrected chi connectivity index (χ1v) is 7.03. The van der Waals surface area contributed by atoms with Gasteiger partial charge in [0.25, 0.3) is 11.6 Å². The van der Waals surface area contributed by atoms with Crippen LogP contribution < -0.4 is 5.32 Å². The lowest BCUT2D eigenvalue weighted by Gasteiger charge is -2.10. The number of alkyl halides is 3. The van der Waals surface area contributed by atoms with Crippen LogP contribution in [0.3, 0.4) is 0 Å². The molecular weight excluding hydrogens is 359 g/mol. The Bertz CT molecular complexity index is 860. The third-order valence-electron chi connectivity index (χ3n) is 3.28. The SMILES string of the molecule is Cn1cccc1C(=O)OCC(=O)Nc1ccc(C(F)(F)F)cc1[N+](=O)[O-]. The second-order valence-corrected chi connectivity index (χ2v) is 5.12. The van der Waals surface area contributed by atoms with Crippen molar-refractivity contribution in [2.45, 2.75) is 6.18 Å². The molecule has 11 heteroatoms. The summed E-state index contributed by atoms with van der Waals surface area (Å²) in [6.45, 7) is -0.762. The maximum atomic E-state index is 12.6. The number of esters is 1. The van der Waals surface area contributed by atoms with Crippen LogP contribution in [0.4, 0.5) is 24.5 Å². The van der Waals surface area contributed by atoms with Gasteiger partial charge in [-0.05, 0) is 24.3 Å². The Morgan fingerprint density at radius 2 is 2.00 bits per heavy atom. The number of carbonyl (C=O) groups is 2. The van der Waals surface area contributed by atoms with Crippen LogP contribution in [-0.2, 0) is 22.8 Å². The highest BCUT2D eigenvalue weighted by atomic mass is 19.4. The number of carbonyl (C=O) groups excluding carboxylic acids is 2. The van der Waals surface area contributed by atoms with Gasteiger partial charge in [-0.25, -0.2) is 4.79 Å². The maximum absolute atomic E-state index is 12.6. The summed E-state index contributed by atoms with van der Waals surface area (Å²) < 4.78 is 44.1. The normalized spacial score (nSPS) is 11.1. The van der Waals surface area contributed by atoms with Crippen molar-refractivity contribution in [1.29, 1.82) is 0 Å². The highest BCUT2D eigenvalue weighted by molar-refractivity contribution is 5.96. The molecule has 0 aliphatic heterocycles. The van der Waals surface area contributed by atoms with Gasteiger partial charge in [-0.15, -0.1) is 0 Å². The second kappa shape index (κ2) is 7.25. The number of aryl methyl sites for hydroxylation is 1. The molecule has 0 saturated heterocycles. The van der Waals surface area contributed by atoms with E-state index < -0.39 is 46.5 Å². The second-order valence-electron chi connectivity index (χ2n) is 5.12. The van der Waals surface area contributed by atoms with Gasteiger partial charge in [-0.1, -0.05) is 0 Å². The molecule has 8 nitrogen and oxygen atoms in total. The largest absolute Gasteiger partial charge is 0.451 e. The van der Waals surface area contributed by atoms with E-state index in [9.17, 15) is 32.9 Å². The molecule has 2 aromatic rings. The fourth-order valence-corrected chi connectivity index (χ4v) is 2.03. The molecule has 0 saturated carbocycles. The first-order chi connectivity index (χ1) is 12.1. The topological polar surface area (TPSA) is 103 Å². The summed E-state index contributed by atoms with van der Waals surface area (Å²) in [7, 11) is 1.59. The van der Waals surface area contributed by atoms with Gasteiger partial charge in [0.2, 0.25) is 0 Å². The van der Waals surface area contributed by atoms with Crippen molar-refractivity contribution >= 4 is 23.3 Å². The van der Waals surface area contributed by atoms with Crippen LogP contribution in [0, 0.1) is 10.1 Å². The van der Waals surface area contributed by atoms with Gasteiger partial charge < -0.3 is 14.6 Å². The van der Waals surface area contributed by atoms with Crippen LogP contribution in [0.15, 0.2) is 36.5 Å². The van der Waals surface area contributed by atoms with Crippen LogP contribution in [0.2, 0.25) is 0 Å². The van der Waals surface area contributed by atoms with Gasteiger partial charge in [-0.3, -0.25) is 14.9 Å². The van der Waals surface area contributed by atoms with E-state index in [4.69, 9.17) is 4.74 Å². The van der Waals surface area contributed by atoms with Crippen molar-refractivity contribution in [1.82, 2.24) is 4.57 Å². The van der Waals surface area contributed by atoms with E-state index in [1.54, 1.807) is 19.3 Å². The number of nitrogens with one attached hydrogen (secondary N) is 1. The Morgan fingerprint density at radius 3 is 2.54 bits per heavy atom. The Labute approximate surface area is 144 Å². The molecule has 1 heterocycles. The zero-order valence-electron chi connectivity index (χ0n) is 13.2. The van der Waals surface area contributed by atoms with E-state index >= 15 is 0 Å². The molecule has 0 aliphatic carbocycles. The van der Waals surface area contributed by atoms with E-state index in [-0.39, 0.29) is 5.69 Å². The molecule has 1 N–H and O–H groups in total. The molecule has 0 spiro atoms. The molecule has 1 aromatic heterocycles. The number of aromatic nitrogens is 1. The van der Waals surface area contributed by atoms with Gasteiger partial charge >= 0.3 is 12.1 Å². The standard InChI is InChI=1S/C15H12F3N3O5/c1-20-6-2-3-11(20)14(23)26-8-13(22)19-10-5-4-9(15(16,17)18)7-12(10)21(24)25/h2-7H,8H2,1H3,(H,19,22). The third-order valence-corrected chi connectivity index (χ3v) is 3.28. The molecule has 0 aliphatic rings. The van der Waals surface area contributed by atoms with E-state index in [0.717, 1.165) is 6.07 Å². The monoisotopic (exact) mass is 371 g/mol. The number of ether oxygens (including phenoxy) is 1. The minimum absolute atomic E-state index is 0.179. The van der Waals surface area contributed by atoms with Gasteiger partial charge in [0, 0.05) is 19.3 Å². The molecule has 2 rings (SSSR count). The number of anilines is 1. The fourth-order valence-electron chi connectivity index (χ4n) is 2.03. The fraction of sp³-hybridized carbons (Fsp3) is 0.200. The average Bonchev–Trinajstić information content (AvgIpc) is 2.98. The molecular formula is C15H12F3N3O5. The minimum Gasteiger partial charge on any atom is -0.451 e. The number of nitrogens with zero attached hydrogens (tertiary/aromatic N) is 2. The van der Waals surface area contributed by atoms with E-state index in [2.05, 4.69) is 5.32 Å². The molecule has 0 unspecified atom stereocenters. The predicted octanol–water partition coefficient (Wildman–Crippen LogP) is 2.75. The smallest absolute Gasteiger partial charge is 0.416 e. The summed E-state index contributed by atoms with van der Waals surface area (Å²) in [5, 5.41) is 13.0. The molecule has 0 fully saturated rings. The van der Waals surface area contributed by atoms with E-state index in [1.807, 2.05) is 0 Å².